The molecule has 1 atom stereocenters. The van der Waals surface area contributed by atoms with Crippen molar-refractivity contribution in [1.82, 2.24) is 9.97 Å². The summed E-state index contributed by atoms with van der Waals surface area (Å²) in [5.41, 5.74) is 1.25. The highest BCUT2D eigenvalue weighted by atomic mass is 16.2. The van der Waals surface area contributed by atoms with Crippen LogP contribution in [0.5, 0.6) is 0 Å². The minimum atomic E-state index is -0.277. The number of aromatic nitrogens is 2. The van der Waals surface area contributed by atoms with E-state index in [4.69, 9.17) is 0 Å². The Morgan fingerprint density at radius 2 is 2.18 bits per heavy atom. The van der Waals surface area contributed by atoms with Gasteiger partial charge in [-0.2, -0.15) is 0 Å². The average Bonchev–Trinajstić information content (AvgIpc) is 3.13. The highest BCUT2D eigenvalue weighted by Crippen LogP contribution is 2.39. The Morgan fingerprint density at radius 3 is 2.96 bits per heavy atom. The smallest absolute Gasteiger partial charge is 0.329 e. The van der Waals surface area contributed by atoms with E-state index in [2.05, 4.69) is 32.0 Å². The number of Topliss-reactive ketones (excluding diaryl/α,β-unsaturated/α-hetero) is 1. The molecule has 2 aliphatic heterocycles. The molecule has 0 aliphatic carbocycles. The number of carbonyl (C=O) groups is 2. The molecule has 0 aromatic carbocycles. The van der Waals surface area contributed by atoms with Gasteiger partial charge < -0.3 is 4.90 Å². The highest BCUT2D eigenvalue weighted by molar-refractivity contribution is 6.05. The fraction of sp³-hybridized carbons (Fsp3) is 0.333. The van der Waals surface area contributed by atoms with Crippen molar-refractivity contribution in [2.24, 2.45) is 0 Å². The van der Waals surface area contributed by atoms with Crippen LogP contribution in [0.15, 0.2) is 36.5 Å². The first kappa shape index (κ1) is 18.0. The van der Waals surface area contributed by atoms with E-state index in [0.717, 1.165) is 25.2 Å². The van der Waals surface area contributed by atoms with Crippen LogP contribution < -0.4 is 15.1 Å². The van der Waals surface area contributed by atoms with E-state index in [9.17, 15) is 9.59 Å². The number of amides is 2. The number of nitrogens with zero attached hydrogens (tertiary/aromatic N) is 4. The zero-order valence-corrected chi connectivity index (χ0v) is 15.7. The van der Waals surface area contributed by atoms with Crippen molar-refractivity contribution in [3.05, 3.63) is 42.2 Å². The van der Waals surface area contributed by atoms with Gasteiger partial charge in [0, 0.05) is 32.1 Å². The summed E-state index contributed by atoms with van der Waals surface area (Å²) in [7, 11) is 0. The van der Waals surface area contributed by atoms with Crippen LogP contribution in [0.4, 0.5) is 22.1 Å². The van der Waals surface area contributed by atoms with E-state index in [1.165, 1.54) is 0 Å². The second-order valence-corrected chi connectivity index (χ2v) is 6.79. The predicted octanol–water partition coefficient (Wildman–Crippen LogP) is 3.09. The van der Waals surface area contributed by atoms with E-state index >= 15 is 0 Å². The topological polar surface area (TPSA) is 78.4 Å². The summed E-state index contributed by atoms with van der Waals surface area (Å²) in [5, 5.41) is 2.84. The lowest BCUT2D eigenvalue weighted by atomic mass is 10.1. The van der Waals surface area contributed by atoms with Gasteiger partial charge in [-0.15, -0.1) is 11.8 Å². The van der Waals surface area contributed by atoms with Crippen molar-refractivity contribution in [3.63, 3.8) is 0 Å². The molecule has 2 amide bonds. The third-order valence-corrected chi connectivity index (χ3v) is 5.01. The lowest BCUT2D eigenvalue weighted by molar-refractivity contribution is 0.0979. The zero-order valence-electron chi connectivity index (χ0n) is 15.7. The monoisotopic (exact) mass is 375 g/mol. The van der Waals surface area contributed by atoms with E-state index in [1.54, 1.807) is 36.2 Å². The Kier molecular flexibility index (Phi) is 4.94. The van der Waals surface area contributed by atoms with E-state index in [0.29, 0.717) is 30.2 Å². The molecule has 0 unspecified atom stereocenters. The molecule has 4 heterocycles. The standard InChI is InChI=1S/C21H21N5O2/c1-2-3-4-7-18(27)16-9-10-17-20(23-16)26(15-11-13-25(17)14-15)21(28)24-19-8-5-6-12-22-19/h5-6,8-10,12,15H,4,7,11,13-14H2,1H3,(H,22,24,28)/t15-/m0/s1. The van der Waals surface area contributed by atoms with Crippen molar-refractivity contribution in [3.8, 4) is 11.8 Å². The van der Waals surface area contributed by atoms with Crippen LogP contribution in [0.3, 0.4) is 0 Å². The summed E-state index contributed by atoms with van der Waals surface area (Å²) >= 11 is 0. The van der Waals surface area contributed by atoms with Crippen LogP contribution in [-0.4, -0.2) is 40.9 Å². The SMILES string of the molecule is CC#CCCC(=O)c1ccc2c(n1)N(C(=O)Nc1ccccn1)[C@H]1CCN2C1. The van der Waals surface area contributed by atoms with Gasteiger partial charge in [0.2, 0.25) is 0 Å². The Hall–Kier alpha value is -3.40. The highest BCUT2D eigenvalue weighted by Gasteiger charge is 2.40. The average molecular weight is 375 g/mol. The third kappa shape index (κ3) is 3.41. The molecule has 1 N–H and O–H groups in total. The molecule has 28 heavy (non-hydrogen) atoms. The molecule has 1 fully saturated rings. The summed E-state index contributed by atoms with van der Waals surface area (Å²) in [5.74, 6) is 6.65. The first-order valence-electron chi connectivity index (χ1n) is 9.37. The summed E-state index contributed by atoms with van der Waals surface area (Å²) in [6, 6.07) is 8.74. The number of hydrogen-bond donors (Lipinski definition) is 1. The zero-order chi connectivity index (χ0) is 19.5. The van der Waals surface area contributed by atoms with Crippen LogP contribution in [0.1, 0.15) is 36.7 Å². The number of anilines is 3. The van der Waals surface area contributed by atoms with Crippen LogP contribution >= 0.6 is 0 Å². The fourth-order valence-electron chi connectivity index (χ4n) is 3.66. The van der Waals surface area contributed by atoms with Crippen molar-refractivity contribution >= 4 is 29.1 Å². The minimum Gasteiger partial charge on any atom is -0.366 e. The molecule has 1 saturated heterocycles. The molecular formula is C21H21N5O2. The quantitative estimate of drug-likeness (QED) is 0.656. The van der Waals surface area contributed by atoms with Crippen LogP contribution in [-0.2, 0) is 0 Å². The summed E-state index contributed by atoms with van der Waals surface area (Å²) < 4.78 is 0. The molecule has 7 heteroatoms. The molecule has 0 radical (unpaired) electrons. The maximum Gasteiger partial charge on any atom is 0.329 e. The number of urea groups is 1. The molecule has 2 bridgehead atoms. The number of fused-ring (bicyclic) bond motifs is 4. The molecule has 7 nitrogen and oxygen atoms in total. The summed E-state index contributed by atoms with van der Waals surface area (Å²) in [4.78, 5) is 38.1. The van der Waals surface area contributed by atoms with Gasteiger partial charge in [-0.05, 0) is 37.6 Å². The Balaban J connectivity index is 1.63. The lowest BCUT2D eigenvalue weighted by Gasteiger charge is -2.35. The third-order valence-electron chi connectivity index (χ3n) is 5.01. The number of nitrogens with one attached hydrogen (secondary N) is 1. The number of hydrogen-bond acceptors (Lipinski definition) is 5. The minimum absolute atomic E-state index is 0.0278. The molecule has 2 aromatic rings. The summed E-state index contributed by atoms with van der Waals surface area (Å²) in [6.07, 6.45) is 3.32. The van der Waals surface area contributed by atoms with Gasteiger partial charge in [-0.1, -0.05) is 6.07 Å². The van der Waals surface area contributed by atoms with Gasteiger partial charge in [-0.3, -0.25) is 15.0 Å². The van der Waals surface area contributed by atoms with Crippen molar-refractivity contribution in [2.45, 2.75) is 32.2 Å². The van der Waals surface area contributed by atoms with Crippen molar-refractivity contribution in [1.29, 1.82) is 0 Å². The Bertz CT molecular complexity index is 964. The van der Waals surface area contributed by atoms with Crippen LogP contribution in [0.2, 0.25) is 0 Å². The van der Waals surface area contributed by atoms with E-state index < -0.39 is 0 Å². The maximum absolute atomic E-state index is 13.0. The van der Waals surface area contributed by atoms with Crippen LogP contribution in [0, 0.1) is 11.8 Å². The van der Waals surface area contributed by atoms with Crippen LogP contribution in [0.25, 0.3) is 0 Å². The Labute approximate surface area is 163 Å². The molecule has 2 aliphatic rings. The maximum atomic E-state index is 13.0. The van der Waals surface area contributed by atoms with Gasteiger partial charge in [0.25, 0.3) is 0 Å². The van der Waals surface area contributed by atoms with E-state index in [-0.39, 0.29) is 17.9 Å². The van der Waals surface area contributed by atoms with E-state index in [1.807, 2.05) is 12.1 Å². The first-order chi connectivity index (χ1) is 13.7. The number of rotatable bonds is 4. The van der Waals surface area contributed by atoms with Crippen molar-refractivity contribution < 1.29 is 9.59 Å². The second-order valence-electron chi connectivity index (χ2n) is 6.79. The molecular weight excluding hydrogens is 354 g/mol. The molecule has 4 rings (SSSR count). The Morgan fingerprint density at radius 1 is 1.29 bits per heavy atom. The van der Waals surface area contributed by atoms with Gasteiger partial charge in [0.05, 0.1) is 11.7 Å². The predicted molar refractivity (Wildman–Crippen MR) is 108 cm³/mol. The molecule has 2 aromatic heterocycles. The summed E-state index contributed by atoms with van der Waals surface area (Å²) in [6.45, 7) is 3.39. The second kappa shape index (κ2) is 7.69. The van der Waals surface area contributed by atoms with Gasteiger partial charge in [0.15, 0.2) is 11.6 Å². The van der Waals surface area contributed by atoms with Gasteiger partial charge in [-0.25, -0.2) is 14.8 Å². The number of carbonyl (C=O) groups excluding carboxylic acids is 2. The normalized spacial score (nSPS) is 16.8. The van der Waals surface area contributed by atoms with Gasteiger partial charge in [0.1, 0.15) is 11.5 Å². The molecule has 0 saturated carbocycles. The first-order valence-corrected chi connectivity index (χ1v) is 9.37. The largest absolute Gasteiger partial charge is 0.366 e. The number of ketones is 1. The van der Waals surface area contributed by atoms with Gasteiger partial charge >= 0.3 is 6.03 Å². The molecule has 142 valence electrons. The number of pyridine rings is 2. The van der Waals surface area contributed by atoms with Crippen molar-refractivity contribution in [2.75, 3.05) is 28.2 Å². The fourth-order valence-corrected chi connectivity index (χ4v) is 3.66. The lowest BCUT2D eigenvalue weighted by Crippen LogP contribution is -2.48. The molecule has 0 spiro atoms.